The molecular formula is C12H17Br2NOS. The van der Waals surface area contributed by atoms with Gasteiger partial charge in [-0.15, -0.1) is 11.3 Å². The topological polar surface area (TPSA) is 29.1 Å². The van der Waals surface area contributed by atoms with Crippen molar-refractivity contribution in [2.75, 3.05) is 11.9 Å². The lowest BCUT2D eigenvalue weighted by Crippen LogP contribution is -2.28. The second-order valence-electron chi connectivity index (χ2n) is 4.03. The summed E-state index contributed by atoms with van der Waals surface area (Å²) in [6.45, 7) is 4.91. The third kappa shape index (κ3) is 4.72. The molecule has 0 spiro atoms. The molecule has 0 fully saturated rings. The average molecular weight is 383 g/mol. The number of thiophene rings is 1. The van der Waals surface area contributed by atoms with Gasteiger partial charge in [-0.2, -0.15) is 0 Å². The number of rotatable bonds is 6. The number of alkyl halides is 1. The van der Waals surface area contributed by atoms with Crippen molar-refractivity contribution < 1.29 is 4.79 Å². The first-order chi connectivity index (χ1) is 8.08. The van der Waals surface area contributed by atoms with E-state index in [9.17, 15) is 4.79 Å². The van der Waals surface area contributed by atoms with Crippen molar-refractivity contribution in [2.45, 2.75) is 26.7 Å². The zero-order valence-corrected chi connectivity index (χ0v) is 14.0. The largest absolute Gasteiger partial charge is 0.351 e. The van der Waals surface area contributed by atoms with Crippen LogP contribution >= 0.6 is 43.2 Å². The Labute approximate surface area is 123 Å². The van der Waals surface area contributed by atoms with E-state index in [0.717, 1.165) is 38.9 Å². The SMILES string of the molecule is CCC(CCBr)CNC(=O)c1cc(C)c(Br)s1. The molecule has 1 aromatic heterocycles. The van der Waals surface area contributed by atoms with Crippen molar-refractivity contribution >= 4 is 49.1 Å². The minimum absolute atomic E-state index is 0.0387. The highest BCUT2D eigenvalue weighted by Crippen LogP contribution is 2.27. The van der Waals surface area contributed by atoms with Gasteiger partial charge in [0.05, 0.1) is 8.66 Å². The Hall–Kier alpha value is 0.130. The molecule has 17 heavy (non-hydrogen) atoms. The summed E-state index contributed by atoms with van der Waals surface area (Å²) in [5, 5.41) is 4.00. The fraction of sp³-hybridized carbons (Fsp3) is 0.583. The first-order valence-corrected chi connectivity index (χ1v) is 8.41. The number of hydrogen-bond donors (Lipinski definition) is 1. The predicted octanol–water partition coefficient (Wildman–Crippen LogP) is 4.36. The molecule has 0 saturated carbocycles. The summed E-state index contributed by atoms with van der Waals surface area (Å²) >= 11 is 8.36. The lowest BCUT2D eigenvalue weighted by Gasteiger charge is -2.13. The number of carbonyl (C=O) groups excluding carboxylic acids is 1. The van der Waals surface area contributed by atoms with Gasteiger partial charge in [0.25, 0.3) is 5.91 Å². The van der Waals surface area contributed by atoms with Crippen molar-refractivity contribution in [3.05, 3.63) is 20.3 Å². The van der Waals surface area contributed by atoms with Crippen LogP contribution in [0.5, 0.6) is 0 Å². The van der Waals surface area contributed by atoms with Gasteiger partial charge in [0.15, 0.2) is 0 Å². The third-order valence-electron chi connectivity index (χ3n) is 2.73. The van der Waals surface area contributed by atoms with E-state index in [0.29, 0.717) is 5.92 Å². The summed E-state index contributed by atoms with van der Waals surface area (Å²) in [4.78, 5) is 12.7. The fourth-order valence-corrected chi connectivity index (χ4v) is 3.60. The van der Waals surface area contributed by atoms with Gasteiger partial charge >= 0.3 is 0 Å². The second-order valence-corrected chi connectivity index (χ2v) is 7.19. The van der Waals surface area contributed by atoms with Crippen LogP contribution in [-0.4, -0.2) is 17.8 Å². The maximum atomic E-state index is 11.9. The molecule has 1 atom stereocenters. The maximum Gasteiger partial charge on any atom is 0.261 e. The normalized spacial score (nSPS) is 12.5. The monoisotopic (exact) mass is 381 g/mol. The lowest BCUT2D eigenvalue weighted by atomic mass is 10.0. The highest BCUT2D eigenvalue weighted by atomic mass is 79.9. The summed E-state index contributed by atoms with van der Waals surface area (Å²) < 4.78 is 1.04. The van der Waals surface area contributed by atoms with Crippen LogP contribution in [-0.2, 0) is 0 Å². The van der Waals surface area contributed by atoms with Crippen LogP contribution in [0.15, 0.2) is 9.85 Å². The van der Waals surface area contributed by atoms with Gasteiger partial charge in [0.1, 0.15) is 0 Å². The van der Waals surface area contributed by atoms with E-state index in [4.69, 9.17) is 0 Å². The van der Waals surface area contributed by atoms with E-state index >= 15 is 0 Å². The summed E-state index contributed by atoms with van der Waals surface area (Å²) in [6, 6.07) is 1.93. The van der Waals surface area contributed by atoms with E-state index in [1.54, 1.807) is 0 Å². The Balaban J connectivity index is 2.49. The van der Waals surface area contributed by atoms with Crippen LogP contribution < -0.4 is 5.32 Å². The molecule has 1 heterocycles. The maximum absolute atomic E-state index is 11.9. The number of aryl methyl sites for hydroxylation is 1. The number of nitrogens with one attached hydrogen (secondary N) is 1. The van der Waals surface area contributed by atoms with Crippen molar-refractivity contribution in [3.8, 4) is 0 Å². The lowest BCUT2D eigenvalue weighted by molar-refractivity contribution is 0.0950. The van der Waals surface area contributed by atoms with Crippen LogP contribution in [0, 0.1) is 12.8 Å². The van der Waals surface area contributed by atoms with Gasteiger partial charge in [0.2, 0.25) is 0 Å². The molecule has 0 saturated heterocycles. The first kappa shape index (κ1) is 15.2. The number of halogens is 2. The Kier molecular flexibility index (Phi) is 6.74. The second kappa shape index (κ2) is 7.54. The van der Waals surface area contributed by atoms with E-state index < -0.39 is 0 Å². The quantitative estimate of drug-likeness (QED) is 0.727. The fourth-order valence-electron chi connectivity index (χ4n) is 1.50. The molecule has 1 rings (SSSR count). The number of carbonyl (C=O) groups is 1. The van der Waals surface area contributed by atoms with Crippen LogP contribution in [0.1, 0.15) is 35.0 Å². The average Bonchev–Trinajstić information content (AvgIpc) is 2.64. The van der Waals surface area contributed by atoms with Crippen molar-refractivity contribution in [3.63, 3.8) is 0 Å². The Morgan fingerprint density at radius 3 is 2.76 bits per heavy atom. The highest BCUT2D eigenvalue weighted by Gasteiger charge is 2.12. The van der Waals surface area contributed by atoms with Crippen molar-refractivity contribution in [1.82, 2.24) is 5.32 Å². The number of hydrogen-bond acceptors (Lipinski definition) is 2. The molecule has 1 aromatic rings. The zero-order chi connectivity index (χ0) is 12.8. The molecule has 1 N–H and O–H groups in total. The summed E-state index contributed by atoms with van der Waals surface area (Å²) in [5.41, 5.74) is 1.12. The summed E-state index contributed by atoms with van der Waals surface area (Å²) in [5.74, 6) is 0.597. The molecule has 0 aromatic carbocycles. The van der Waals surface area contributed by atoms with Gasteiger partial charge in [-0.05, 0) is 46.8 Å². The Bertz CT molecular complexity index is 359. The molecule has 0 radical (unpaired) electrons. The van der Waals surface area contributed by atoms with E-state index in [1.165, 1.54) is 11.3 Å². The third-order valence-corrected chi connectivity index (χ3v) is 5.32. The smallest absolute Gasteiger partial charge is 0.261 e. The van der Waals surface area contributed by atoms with Crippen molar-refractivity contribution in [1.29, 1.82) is 0 Å². The Morgan fingerprint density at radius 2 is 2.29 bits per heavy atom. The van der Waals surface area contributed by atoms with Crippen LogP contribution in [0.2, 0.25) is 0 Å². The highest BCUT2D eigenvalue weighted by molar-refractivity contribution is 9.11. The van der Waals surface area contributed by atoms with E-state index in [1.807, 2.05) is 13.0 Å². The predicted molar refractivity (Wildman–Crippen MR) is 81.3 cm³/mol. The summed E-state index contributed by atoms with van der Waals surface area (Å²) in [7, 11) is 0. The molecule has 5 heteroatoms. The first-order valence-electron chi connectivity index (χ1n) is 5.68. The zero-order valence-electron chi connectivity index (χ0n) is 10.1. The standard InChI is InChI=1S/C12H17Br2NOS/c1-3-9(4-5-13)7-15-12(16)10-6-8(2)11(14)17-10/h6,9H,3-5,7H2,1-2H3,(H,15,16). The van der Waals surface area contributed by atoms with Crippen LogP contribution in [0.25, 0.3) is 0 Å². The van der Waals surface area contributed by atoms with Crippen LogP contribution in [0.3, 0.4) is 0 Å². The van der Waals surface area contributed by atoms with Gasteiger partial charge in [-0.1, -0.05) is 29.3 Å². The molecule has 0 aliphatic carbocycles. The van der Waals surface area contributed by atoms with Gasteiger partial charge in [-0.25, -0.2) is 0 Å². The minimum Gasteiger partial charge on any atom is -0.351 e. The molecule has 1 unspecified atom stereocenters. The Morgan fingerprint density at radius 1 is 1.59 bits per heavy atom. The van der Waals surface area contributed by atoms with Gasteiger partial charge in [0, 0.05) is 11.9 Å². The van der Waals surface area contributed by atoms with Crippen molar-refractivity contribution in [2.24, 2.45) is 5.92 Å². The molecule has 2 nitrogen and oxygen atoms in total. The molecule has 96 valence electrons. The van der Waals surface area contributed by atoms with Gasteiger partial charge < -0.3 is 5.32 Å². The summed E-state index contributed by atoms with van der Waals surface area (Å²) in [6.07, 6.45) is 2.20. The molecule has 0 aliphatic rings. The molecular weight excluding hydrogens is 366 g/mol. The molecule has 1 amide bonds. The van der Waals surface area contributed by atoms with E-state index in [-0.39, 0.29) is 5.91 Å². The minimum atomic E-state index is 0.0387. The number of amides is 1. The van der Waals surface area contributed by atoms with Crippen LogP contribution in [0.4, 0.5) is 0 Å². The van der Waals surface area contributed by atoms with E-state index in [2.05, 4.69) is 44.1 Å². The van der Waals surface area contributed by atoms with Gasteiger partial charge in [-0.3, -0.25) is 4.79 Å². The molecule has 0 aliphatic heterocycles. The molecule has 0 bridgehead atoms.